The number of carbonyl (C=O) groups is 1. The van der Waals surface area contributed by atoms with Crippen LogP contribution < -0.4 is 5.32 Å². The number of nitrogens with one attached hydrogen (secondary N) is 1. The molecule has 14 heavy (non-hydrogen) atoms. The molecular formula is C10H18N2OS. The van der Waals surface area contributed by atoms with Crippen molar-refractivity contribution in [1.29, 1.82) is 0 Å². The van der Waals surface area contributed by atoms with Gasteiger partial charge < -0.3 is 5.32 Å². The Labute approximate surface area is 89.6 Å². The van der Waals surface area contributed by atoms with E-state index in [1.807, 2.05) is 18.8 Å². The lowest BCUT2D eigenvalue weighted by atomic mass is 10.0. The van der Waals surface area contributed by atoms with Crippen LogP contribution >= 0.6 is 11.8 Å². The molecule has 0 saturated carbocycles. The number of carbonyl (C=O) groups excluding carboxylic acids is 1. The molecule has 3 atom stereocenters. The summed E-state index contributed by atoms with van der Waals surface area (Å²) < 4.78 is 0. The van der Waals surface area contributed by atoms with Crippen LogP contribution in [0.15, 0.2) is 0 Å². The van der Waals surface area contributed by atoms with Crippen LogP contribution in [0.4, 0.5) is 0 Å². The second-order valence-electron chi connectivity index (χ2n) is 4.17. The molecule has 2 heterocycles. The van der Waals surface area contributed by atoms with Crippen molar-refractivity contribution in [1.82, 2.24) is 10.2 Å². The first-order valence-electron chi connectivity index (χ1n) is 5.27. The number of Topliss-reactive ketones (excluding diaryl/α,β-unsaturated/α-hetero) is 1. The number of hydrogen-bond donors (Lipinski definition) is 1. The molecule has 2 saturated heterocycles. The van der Waals surface area contributed by atoms with Crippen molar-refractivity contribution < 1.29 is 4.79 Å². The third-order valence-corrected chi connectivity index (χ3v) is 4.69. The number of likely N-dealkylation sites (N-methyl/N-ethyl adjacent to an activating group) is 1. The van der Waals surface area contributed by atoms with Crippen LogP contribution in [0.5, 0.6) is 0 Å². The van der Waals surface area contributed by atoms with E-state index in [1.54, 1.807) is 6.92 Å². The van der Waals surface area contributed by atoms with Crippen molar-refractivity contribution in [2.45, 2.75) is 37.2 Å². The van der Waals surface area contributed by atoms with Gasteiger partial charge in [0, 0.05) is 18.3 Å². The molecular weight excluding hydrogens is 196 g/mol. The third kappa shape index (κ3) is 1.83. The first-order valence-corrected chi connectivity index (χ1v) is 6.32. The fraction of sp³-hybridized carbons (Fsp3) is 0.900. The van der Waals surface area contributed by atoms with E-state index in [-0.39, 0.29) is 6.04 Å². The van der Waals surface area contributed by atoms with E-state index in [0.717, 1.165) is 12.3 Å². The zero-order valence-corrected chi connectivity index (χ0v) is 9.64. The Hall–Kier alpha value is -0.0600. The van der Waals surface area contributed by atoms with Crippen molar-refractivity contribution in [3.63, 3.8) is 0 Å². The van der Waals surface area contributed by atoms with E-state index < -0.39 is 0 Å². The van der Waals surface area contributed by atoms with Gasteiger partial charge in [0.1, 0.15) is 5.78 Å². The van der Waals surface area contributed by atoms with Crippen LogP contribution in [0.2, 0.25) is 0 Å². The first kappa shape index (κ1) is 10.5. The first-order chi connectivity index (χ1) is 6.72. The highest BCUT2D eigenvalue weighted by atomic mass is 32.2. The number of piperidine rings is 1. The maximum absolute atomic E-state index is 11.4. The molecule has 0 aliphatic carbocycles. The molecule has 0 aromatic carbocycles. The molecule has 3 unspecified atom stereocenters. The van der Waals surface area contributed by atoms with Gasteiger partial charge in [0.15, 0.2) is 0 Å². The van der Waals surface area contributed by atoms with Crippen molar-refractivity contribution in [2.75, 3.05) is 19.3 Å². The smallest absolute Gasteiger partial charge is 0.147 e. The number of nitrogens with zero attached hydrogens (tertiary/aromatic N) is 1. The summed E-state index contributed by atoms with van der Waals surface area (Å²) in [6, 6.07) is 0.757. The van der Waals surface area contributed by atoms with Gasteiger partial charge in [0.05, 0.1) is 11.4 Å². The van der Waals surface area contributed by atoms with E-state index in [2.05, 4.69) is 10.2 Å². The summed E-state index contributed by atoms with van der Waals surface area (Å²) in [6.07, 6.45) is 2.47. The van der Waals surface area contributed by atoms with Crippen LogP contribution in [0, 0.1) is 0 Å². The largest absolute Gasteiger partial charge is 0.316 e. The van der Waals surface area contributed by atoms with Crippen LogP contribution in [0.25, 0.3) is 0 Å². The van der Waals surface area contributed by atoms with Gasteiger partial charge in [-0.25, -0.2) is 0 Å². The van der Waals surface area contributed by atoms with Gasteiger partial charge in [-0.3, -0.25) is 9.69 Å². The van der Waals surface area contributed by atoms with E-state index in [9.17, 15) is 4.79 Å². The molecule has 0 bridgehead atoms. The highest BCUT2D eigenvalue weighted by molar-refractivity contribution is 8.00. The highest BCUT2D eigenvalue weighted by Gasteiger charge is 2.40. The molecule has 0 aromatic rings. The van der Waals surface area contributed by atoms with Gasteiger partial charge in [-0.05, 0) is 26.8 Å². The van der Waals surface area contributed by atoms with Gasteiger partial charge in [-0.1, -0.05) is 0 Å². The van der Waals surface area contributed by atoms with E-state index >= 15 is 0 Å². The maximum atomic E-state index is 11.4. The van der Waals surface area contributed by atoms with Gasteiger partial charge in [0.25, 0.3) is 0 Å². The van der Waals surface area contributed by atoms with E-state index in [4.69, 9.17) is 0 Å². The number of rotatable bonds is 2. The van der Waals surface area contributed by atoms with Crippen LogP contribution in [0.1, 0.15) is 19.8 Å². The predicted octanol–water partition coefficient (Wildman–Crippen LogP) is 0.701. The van der Waals surface area contributed by atoms with Gasteiger partial charge in [0.2, 0.25) is 0 Å². The molecule has 2 aliphatic heterocycles. The fourth-order valence-electron chi connectivity index (χ4n) is 2.36. The lowest BCUT2D eigenvalue weighted by Crippen LogP contribution is -2.51. The Morgan fingerprint density at radius 1 is 1.50 bits per heavy atom. The molecule has 0 radical (unpaired) electrons. The molecule has 2 rings (SSSR count). The normalized spacial score (nSPS) is 38.3. The Bertz CT molecular complexity index is 234. The second-order valence-corrected chi connectivity index (χ2v) is 5.38. The minimum atomic E-state index is 0.182. The lowest BCUT2D eigenvalue weighted by molar-refractivity contribution is -0.121. The van der Waals surface area contributed by atoms with Crippen molar-refractivity contribution in [2.24, 2.45) is 0 Å². The molecule has 0 aromatic heterocycles. The molecule has 2 fully saturated rings. The molecule has 0 spiro atoms. The SMILES string of the molecule is CNC1CCC2SCC(C(C)=O)N2C1. The predicted molar refractivity (Wildman–Crippen MR) is 59.5 cm³/mol. The van der Waals surface area contributed by atoms with Crippen molar-refractivity contribution in [3.05, 3.63) is 0 Å². The fourth-order valence-corrected chi connectivity index (χ4v) is 3.92. The van der Waals surface area contributed by atoms with Crippen molar-refractivity contribution in [3.8, 4) is 0 Å². The third-order valence-electron chi connectivity index (χ3n) is 3.29. The topological polar surface area (TPSA) is 32.3 Å². The van der Waals surface area contributed by atoms with Gasteiger partial charge in [-0.15, -0.1) is 11.8 Å². The summed E-state index contributed by atoms with van der Waals surface area (Å²) in [5.41, 5.74) is 0. The van der Waals surface area contributed by atoms with E-state index in [1.165, 1.54) is 12.8 Å². The average molecular weight is 214 g/mol. The number of fused-ring (bicyclic) bond motifs is 1. The zero-order chi connectivity index (χ0) is 10.1. The Morgan fingerprint density at radius 3 is 2.93 bits per heavy atom. The quantitative estimate of drug-likeness (QED) is 0.733. The Kier molecular flexibility index (Phi) is 3.14. The summed E-state index contributed by atoms with van der Waals surface area (Å²) in [5, 5.41) is 3.92. The number of ketones is 1. The number of hydrogen-bond acceptors (Lipinski definition) is 4. The summed E-state index contributed by atoms with van der Waals surface area (Å²) in [5.74, 6) is 1.33. The number of thioether (sulfide) groups is 1. The standard InChI is InChI=1S/C10H18N2OS/c1-7(13)9-6-14-10-4-3-8(11-2)5-12(9)10/h8-11H,3-6H2,1-2H3. The monoisotopic (exact) mass is 214 g/mol. The summed E-state index contributed by atoms with van der Waals surface area (Å²) in [6.45, 7) is 2.76. The molecule has 3 nitrogen and oxygen atoms in total. The molecule has 80 valence electrons. The summed E-state index contributed by atoms with van der Waals surface area (Å²) in [7, 11) is 2.01. The minimum Gasteiger partial charge on any atom is -0.316 e. The van der Waals surface area contributed by atoms with Gasteiger partial charge >= 0.3 is 0 Å². The summed E-state index contributed by atoms with van der Waals surface area (Å²) >= 11 is 1.95. The van der Waals surface area contributed by atoms with Crippen LogP contribution in [0.3, 0.4) is 0 Å². The van der Waals surface area contributed by atoms with Crippen LogP contribution in [-0.4, -0.2) is 47.5 Å². The zero-order valence-electron chi connectivity index (χ0n) is 8.82. The molecule has 0 amide bonds. The van der Waals surface area contributed by atoms with Gasteiger partial charge in [-0.2, -0.15) is 0 Å². The second kappa shape index (κ2) is 4.21. The Morgan fingerprint density at radius 2 is 2.29 bits per heavy atom. The van der Waals surface area contributed by atoms with Crippen molar-refractivity contribution >= 4 is 17.5 Å². The van der Waals surface area contributed by atoms with Crippen LogP contribution in [-0.2, 0) is 4.79 Å². The summed E-state index contributed by atoms with van der Waals surface area (Å²) in [4.78, 5) is 13.8. The molecule has 2 aliphatic rings. The van der Waals surface area contributed by atoms with E-state index in [0.29, 0.717) is 17.2 Å². The molecule has 4 heteroatoms. The molecule has 1 N–H and O–H groups in total. The minimum absolute atomic E-state index is 0.182. The Balaban J connectivity index is 2.03. The lowest BCUT2D eigenvalue weighted by Gasteiger charge is -2.36. The highest BCUT2D eigenvalue weighted by Crippen LogP contribution is 2.35. The maximum Gasteiger partial charge on any atom is 0.147 e. The average Bonchev–Trinajstić information content (AvgIpc) is 2.59.